The Balaban J connectivity index is 1.69. The van der Waals surface area contributed by atoms with Crippen LogP contribution >= 0.6 is 0 Å². The van der Waals surface area contributed by atoms with E-state index >= 15 is 0 Å². The fourth-order valence-corrected chi connectivity index (χ4v) is 4.40. The van der Waals surface area contributed by atoms with E-state index in [-0.39, 0.29) is 0 Å². The van der Waals surface area contributed by atoms with Gasteiger partial charge >= 0.3 is 0 Å². The van der Waals surface area contributed by atoms with E-state index in [2.05, 4.69) is 11.0 Å². The summed E-state index contributed by atoms with van der Waals surface area (Å²) >= 11 is 0. The Hall–Kier alpha value is -2.36. The first kappa shape index (κ1) is 17.5. The number of rotatable bonds is 4. The van der Waals surface area contributed by atoms with Crippen LogP contribution in [0.15, 0.2) is 53.4 Å². The Morgan fingerprint density at radius 3 is 2.08 bits per heavy atom. The fraction of sp³-hybridized carbons (Fsp3) is 0.316. The van der Waals surface area contributed by atoms with Crippen LogP contribution in [0.5, 0.6) is 0 Å². The van der Waals surface area contributed by atoms with Crippen molar-refractivity contribution in [3.05, 3.63) is 59.7 Å². The lowest BCUT2D eigenvalue weighted by Gasteiger charge is -2.35. The van der Waals surface area contributed by atoms with Crippen molar-refractivity contribution in [3.63, 3.8) is 0 Å². The third-order valence-electron chi connectivity index (χ3n) is 4.57. The summed E-state index contributed by atoms with van der Waals surface area (Å²) in [5.74, 6) is 0. The molecule has 0 amide bonds. The molecule has 0 aromatic heterocycles. The molecule has 1 aliphatic heterocycles. The van der Waals surface area contributed by atoms with Gasteiger partial charge in [0.05, 0.1) is 16.5 Å². The second kappa shape index (κ2) is 7.26. The molecule has 6 heteroatoms. The van der Waals surface area contributed by atoms with Crippen molar-refractivity contribution in [3.8, 4) is 6.07 Å². The first-order valence-electron chi connectivity index (χ1n) is 8.39. The molecule has 25 heavy (non-hydrogen) atoms. The first-order valence-corrected chi connectivity index (χ1v) is 9.83. The predicted molar refractivity (Wildman–Crippen MR) is 97.9 cm³/mol. The zero-order valence-electron chi connectivity index (χ0n) is 14.2. The third kappa shape index (κ3) is 3.68. The minimum Gasteiger partial charge on any atom is -0.369 e. The van der Waals surface area contributed by atoms with E-state index in [1.54, 1.807) is 28.6 Å². The maximum Gasteiger partial charge on any atom is 0.243 e. The van der Waals surface area contributed by atoms with Crippen molar-refractivity contribution in [2.75, 3.05) is 31.1 Å². The number of nitriles is 1. The van der Waals surface area contributed by atoms with Crippen molar-refractivity contribution in [1.29, 1.82) is 5.26 Å². The minimum atomic E-state index is -3.44. The molecule has 0 saturated carbocycles. The van der Waals surface area contributed by atoms with E-state index in [1.165, 1.54) is 0 Å². The normalized spacial score (nSPS) is 15.8. The average Bonchev–Trinajstić information content (AvgIpc) is 2.68. The smallest absolute Gasteiger partial charge is 0.243 e. The maximum absolute atomic E-state index is 12.8. The highest BCUT2D eigenvalue weighted by Crippen LogP contribution is 2.22. The third-order valence-corrected chi connectivity index (χ3v) is 6.48. The number of anilines is 1. The molecule has 130 valence electrons. The van der Waals surface area contributed by atoms with Crippen LogP contribution in [0, 0.1) is 11.3 Å². The lowest BCUT2D eigenvalue weighted by atomic mass is 10.2. The second-order valence-corrected chi connectivity index (χ2v) is 7.99. The summed E-state index contributed by atoms with van der Waals surface area (Å²) in [5.41, 5.74) is 2.77. The molecule has 0 radical (unpaired) electrons. The van der Waals surface area contributed by atoms with Crippen LogP contribution in [0.2, 0.25) is 0 Å². The molecule has 0 N–H and O–H groups in total. The molecular weight excluding hydrogens is 334 g/mol. The largest absolute Gasteiger partial charge is 0.369 e. The number of benzene rings is 2. The van der Waals surface area contributed by atoms with Gasteiger partial charge in [-0.05, 0) is 48.4 Å². The van der Waals surface area contributed by atoms with Gasteiger partial charge in [-0.15, -0.1) is 0 Å². The standard InChI is InChI=1S/C19H21N3O2S/c1-2-16-5-9-19(10-6-16)25(23,24)22-13-11-21(12-14-22)18-7-3-17(15-20)4-8-18/h3-10H,2,11-14H2,1H3. The number of hydrogen-bond donors (Lipinski definition) is 0. The molecule has 0 bridgehead atoms. The Labute approximate surface area is 149 Å². The number of piperazine rings is 1. The van der Waals surface area contributed by atoms with Gasteiger partial charge in [0.2, 0.25) is 10.0 Å². The Bertz CT molecular complexity index is 860. The molecule has 0 atom stereocenters. The predicted octanol–water partition coefficient (Wildman–Crippen LogP) is 2.63. The highest BCUT2D eigenvalue weighted by atomic mass is 32.2. The van der Waals surface area contributed by atoms with Gasteiger partial charge < -0.3 is 4.90 Å². The van der Waals surface area contributed by atoms with Crippen LogP contribution in [-0.2, 0) is 16.4 Å². The second-order valence-electron chi connectivity index (χ2n) is 6.05. The molecule has 0 unspecified atom stereocenters. The summed E-state index contributed by atoms with van der Waals surface area (Å²) in [4.78, 5) is 2.50. The Morgan fingerprint density at radius 2 is 1.56 bits per heavy atom. The number of nitrogens with zero attached hydrogens (tertiary/aromatic N) is 3. The number of hydrogen-bond acceptors (Lipinski definition) is 4. The summed E-state index contributed by atoms with van der Waals surface area (Å²) in [5, 5.41) is 8.87. The molecule has 1 heterocycles. The minimum absolute atomic E-state index is 0.358. The van der Waals surface area contributed by atoms with Crippen molar-refractivity contribution in [1.82, 2.24) is 4.31 Å². The van der Waals surface area contributed by atoms with Crippen molar-refractivity contribution in [2.24, 2.45) is 0 Å². The topological polar surface area (TPSA) is 64.4 Å². The highest BCUT2D eigenvalue weighted by Gasteiger charge is 2.28. The van der Waals surface area contributed by atoms with E-state index < -0.39 is 10.0 Å². The van der Waals surface area contributed by atoms with E-state index in [1.807, 2.05) is 31.2 Å². The van der Waals surface area contributed by atoms with Crippen molar-refractivity contribution < 1.29 is 8.42 Å². The van der Waals surface area contributed by atoms with Gasteiger partial charge in [-0.3, -0.25) is 0 Å². The van der Waals surface area contributed by atoms with E-state index in [9.17, 15) is 8.42 Å². The SMILES string of the molecule is CCc1ccc(S(=O)(=O)N2CCN(c3ccc(C#N)cc3)CC2)cc1. The zero-order chi connectivity index (χ0) is 17.9. The van der Waals surface area contributed by atoms with Crippen LogP contribution < -0.4 is 4.90 Å². The van der Waals surface area contributed by atoms with Crippen molar-refractivity contribution in [2.45, 2.75) is 18.2 Å². The van der Waals surface area contributed by atoms with Crippen LogP contribution in [0.25, 0.3) is 0 Å². The quantitative estimate of drug-likeness (QED) is 0.846. The van der Waals surface area contributed by atoms with Gasteiger partial charge in [0.25, 0.3) is 0 Å². The summed E-state index contributed by atoms with van der Waals surface area (Å²) < 4.78 is 27.1. The number of aryl methyl sites for hydroxylation is 1. The summed E-state index contributed by atoms with van der Waals surface area (Å²) in [6, 6.07) is 16.6. The number of sulfonamides is 1. The molecule has 2 aromatic carbocycles. The van der Waals surface area contributed by atoms with E-state index in [0.29, 0.717) is 36.6 Å². The highest BCUT2D eigenvalue weighted by molar-refractivity contribution is 7.89. The van der Waals surface area contributed by atoms with Gasteiger partial charge in [0.15, 0.2) is 0 Å². The molecule has 1 saturated heterocycles. The lowest BCUT2D eigenvalue weighted by Crippen LogP contribution is -2.48. The lowest BCUT2D eigenvalue weighted by molar-refractivity contribution is 0.385. The van der Waals surface area contributed by atoms with Gasteiger partial charge in [-0.1, -0.05) is 19.1 Å². The Kier molecular flexibility index (Phi) is 5.07. The molecule has 0 spiro atoms. The fourth-order valence-electron chi connectivity index (χ4n) is 2.98. The molecule has 1 fully saturated rings. The molecule has 1 aliphatic rings. The first-order chi connectivity index (χ1) is 12.0. The molecule has 3 rings (SSSR count). The molecule has 0 aliphatic carbocycles. The van der Waals surface area contributed by atoms with Crippen LogP contribution in [0.3, 0.4) is 0 Å². The van der Waals surface area contributed by atoms with Gasteiger partial charge in [-0.25, -0.2) is 8.42 Å². The van der Waals surface area contributed by atoms with Gasteiger partial charge in [0.1, 0.15) is 0 Å². The van der Waals surface area contributed by atoms with Crippen LogP contribution in [0.1, 0.15) is 18.1 Å². The molecule has 5 nitrogen and oxygen atoms in total. The monoisotopic (exact) mass is 355 g/mol. The summed E-state index contributed by atoms with van der Waals surface area (Å²) in [6.07, 6.45) is 0.892. The van der Waals surface area contributed by atoms with E-state index in [0.717, 1.165) is 17.7 Å². The van der Waals surface area contributed by atoms with E-state index in [4.69, 9.17) is 5.26 Å². The van der Waals surface area contributed by atoms with Crippen LogP contribution in [0.4, 0.5) is 5.69 Å². The summed E-state index contributed by atoms with van der Waals surface area (Å²) in [6.45, 7) is 4.23. The summed E-state index contributed by atoms with van der Waals surface area (Å²) in [7, 11) is -3.44. The molecule has 2 aromatic rings. The zero-order valence-corrected chi connectivity index (χ0v) is 15.0. The Morgan fingerprint density at radius 1 is 0.960 bits per heavy atom. The van der Waals surface area contributed by atoms with Gasteiger partial charge in [-0.2, -0.15) is 9.57 Å². The average molecular weight is 355 g/mol. The van der Waals surface area contributed by atoms with Crippen molar-refractivity contribution >= 4 is 15.7 Å². The maximum atomic E-state index is 12.8. The van der Waals surface area contributed by atoms with Gasteiger partial charge in [0, 0.05) is 31.9 Å². The molecular formula is C19H21N3O2S. The van der Waals surface area contributed by atoms with Crippen LogP contribution in [-0.4, -0.2) is 38.9 Å².